The van der Waals surface area contributed by atoms with Crippen LogP contribution in [0.15, 0.2) is 60.8 Å². The molecule has 3 aromatic rings. The van der Waals surface area contributed by atoms with E-state index in [4.69, 9.17) is 21.1 Å². The van der Waals surface area contributed by atoms with Crippen molar-refractivity contribution in [1.82, 2.24) is 4.98 Å². The van der Waals surface area contributed by atoms with Gasteiger partial charge in [-0.15, -0.1) is 0 Å². The second-order valence-electron chi connectivity index (χ2n) is 5.93. The van der Waals surface area contributed by atoms with E-state index in [1.54, 1.807) is 50.7 Å². The molecule has 0 aliphatic heterocycles. The molecule has 0 unspecified atom stereocenters. The number of hydrogen-bond acceptors (Lipinski definition) is 5. The third kappa shape index (κ3) is 4.92. The largest absolute Gasteiger partial charge is 0.497 e. The Morgan fingerprint density at radius 3 is 2.54 bits per heavy atom. The Bertz CT molecular complexity index is 961. The summed E-state index contributed by atoms with van der Waals surface area (Å²) in [5, 5.41) is 6.74. The molecule has 0 radical (unpaired) electrons. The van der Waals surface area contributed by atoms with Crippen LogP contribution >= 0.6 is 11.6 Å². The minimum atomic E-state index is -0.275. The maximum absolute atomic E-state index is 12.7. The van der Waals surface area contributed by atoms with Gasteiger partial charge in [0, 0.05) is 29.4 Å². The number of ether oxygens (including phenoxy) is 2. The predicted molar refractivity (Wildman–Crippen MR) is 111 cm³/mol. The summed E-state index contributed by atoms with van der Waals surface area (Å²) in [5.41, 5.74) is 2.06. The van der Waals surface area contributed by atoms with Crippen molar-refractivity contribution in [2.45, 2.75) is 6.54 Å². The Balaban J connectivity index is 1.71. The molecule has 28 heavy (non-hydrogen) atoms. The van der Waals surface area contributed by atoms with E-state index in [1.165, 1.54) is 0 Å². The van der Waals surface area contributed by atoms with Gasteiger partial charge in [-0.05, 0) is 42.0 Å². The van der Waals surface area contributed by atoms with Gasteiger partial charge in [-0.3, -0.25) is 4.79 Å². The van der Waals surface area contributed by atoms with E-state index in [9.17, 15) is 4.79 Å². The highest BCUT2D eigenvalue weighted by Crippen LogP contribution is 2.29. The molecule has 1 heterocycles. The first-order valence-corrected chi connectivity index (χ1v) is 8.94. The normalized spacial score (nSPS) is 10.2. The molecule has 2 aromatic carbocycles. The summed E-state index contributed by atoms with van der Waals surface area (Å²) >= 11 is 5.90. The molecular formula is C21H20ClN3O3. The molecule has 0 aliphatic rings. The molecule has 0 fully saturated rings. The van der Waals surface area contributed by atoms with Crippen LogP contribution in [0.25, 0.3) is 0 Å². The van der Waals surface area contributed by atoms with Crippen molar-refractivity contribution in [2.24, 2.45) is 0 Å². The molecule has 0 aliphatic carbocycles. The molecule has 0 saturated carbocycles. The maximum Gasteiger partial charge on any atom is 0.255 e. The number of hydrogen-bond donors (Lipinski definition) is 2. The highest BCUT2D eigenvalue weighted by Gasteiger charge is 2.12. The summed E-state index contributed by atoms with van der Waals surface area (Å²) in [6.07, 6.45) is 1.59. The number of rotatable bonds is 7. The van der Waals surface area contributed by atoms with Gasteiger partial charge in [0.2, 0.25) is 0 Å². The van der Waals surface area contributed by atoms with Gasteiger partial charge in [0.15, 0.2) is 0 Å². The number of halogens is 1. The lowest BCUT2D eigenvalue weighted by Crippen LogP contribution is -2.13. The zero-order valence-corrected chi connectivity index (χ0v) is 16.3. The molecule has 6 nitrogen and oxygen atoms in total. The summed E-state index contributed by atoms with van der Waals surface area (Å²) in [7, 11) is 3.11. The van der Waals surface area contributed by atoms with E-state index in [1.807, 2.05) is 24.3 Å². The van der Waals surface area contributed by atoms with Crippen LogP contribution in [0.5, 0.6) is 11.5 Å². The van der Waals surface area contributed by atoms with Crippen LogP contribution in [0.4, 0.5) is 11.5 Å². The fourth-order valence-electron chi connectivity index (χ4n) is 2.57. The summed E-state index contributed by atoms with van der Waals surface area (Å²) in [6.45, 7) is 0.568. The first kappa shape index (κ1) is 19.5. The van der Waals surface area contributed by atoms with Crippen molar-refractivity contribution in [3.05, 3.63) is 76.9 Å². The minimum Gasteiger partial charge on any atom is -0.497 e. The quantitative estimate of drug-likeness (QED) is 0.608. The lowest BCUT2D eigenvalue weighted by molar-refractivity contribution is 0.102. The van der Waals surface area contributed by atoms with Crippen molar-refractivity contribution >= 4 is 29.0 Å². The van der Waals surface area contributed by atoms with Crippen molar-refractivity contribution < 1.29 is 14.3 Å². The number of carbonyl (C=O) groups excluding carboxylic acids is 1. The molecule has 2 N–H and O–H groups in total. The highest BCUT2D eigenvalue weighted by molar-refractivity contribution is 6.30. The van der Waals surface area contributed by atoms with Gasteiger partial charge in [0.25, 0.3) is 5.91 Å². The molecule has 1 amide bonds. The Morgan fingerprint density at radius 1 is 1.04 bits per heavy atom. The molecule has 0 atom stereocenters. The zero-order valence-electron chi connectivity index (χ0n) is 15.5. The summed E-state index contributed by atoms with van der Waals surface area (Å²) < 4.78 is 10.5. The third-order valence-corrected chi connectivity index (χ3v) is 4.32. The van der Waals surface area contributed by atoms with Crippen molar-refractivity contribution in [3.63, 3.8) is 0 Å². The standard InChI is InChI=1S/C21H20ClN3O3/c1-27-17-7-8-19(28-2)18(12-17)25-21(26)15-9-10-23-20(11-15)24-13-14-3-5-16(22)6-4-14/h3-12H,13H2,1-2H3,(H,23,24)(H,25,26). The monoisotopic (exact) mass is 397 g/mol. The molecule has 0 bridgehead atoms. The molecule has 0 spiro atoms. The molecule has 7 heteroatoms. The predicted octanol–water partition coefficient (Wildman–Crippen LogP) is 4.62. The Labute approximate surface area is 168 Å². The first-order chi connectivity index (χ1) is 13.6. The minimum absolute atomic E-state index is 0.275. The van der Waals surface area contributed by atoms with Gasteiger partial charge in [0.1, 0.15) is 17.3 Å². The van der Waals surface area contributed by atoms with Crippen LogP contribution in [0.2, 0.25) is 5.02 Å². The lowest BCUT2D eigenvalue weighted by atomic mass is 10.2. The van der Waals surface area contributed by atoms with Gasteiger partial charge in [-0.25, -0.2) is 4.98 Å². The van der Waals surface area contributed by atoms with Crippen molar-refractivity contribution in [2.75, 3.05) is 24.9 Å². The van der Waals surface area contributed by atoms with Crippen LogP contribution in [-0.2, 0) is 6.54 Å². The van der Waals surface area contributed by atoms with E-state index < -0.39 is 0 Å². The molecule has 144 valence electrons. The van der Waals surface area contributed by atoms with Crippen LogP contribution in [0, 0.1) is 0 Å². The second kappa shape index (κ2) is 9.10. The lowest BCUT2D eigenvalue weighted by Gasteiger charge is -2.12. The fourth-order valence-corrected chi connectivity index (χ4v) is 2.70. The van der Waals surface area contributed by atoms with E-state index in [-0.39, 0.29) is 5.91 Å². The van der Waals surface area contributed by atoms with Gasteiger partial charge in [-0.1, -0.05) is 23.7 Å². The fraction of sp³-hybridized carbons (Fsp3) is 0.143. The van der Waals surface area contributed by atoms with E-state index >= 15 is 0 Å². The van der Waals surface area contributed by atoms with E-state index in [0.717, 1.165) is 5.56 Å². The Morgan fingerprint density at radius 2 is 1.82 bits per heavy atom. The number of pyridine rings is 1. The van der Waals surface area contributed by atoms with Crippen LogP contribution in [0.1, 0.15) is 15.9 Å². The number of nitrogens with zero attached hydrogens (tertiary/aromatic N) is 1. The van der Waals surface area contributed by atoms with E-state index in [0.29, 0.717) is 40.1 Å². The van der Waals surface area contributed by atoms with Gasteiger partial charge in [-0.2, -0.15) is 0 Å². The third-order valence-electron chi connectivity index (χ3n) is 4.06. The van der Waals surface area contributed by atoms with Gasteiger partial charge in [0.05, 0.1) is 19.9 Å². The smallest absolute Gasteiger partial charge is 0.255 e. The zero-order chi connectivity index (χ0) is 19.9. The first-order valence-electron chi connectivity index (χ1n) is 8.57. The van der Waals surface area contributed by atoms with Crippen molar-refractivity contribution in [3.8, 4) is 11.5 Å². The number of amides is 1. The highest BCUT2D eigenvalue weighted by atomic mass is 35.5. The Kier molecular flexibility index (Phi) is 6.34. The average Bonchev–Trinajstić information content (AvgIpc) is 2.73. The van der Waals surface area contributed by atoms with Crippen LogP contribution < -0.4 is 20.1 Å². The second-order valence-corrected chi connectivity index (χ2v) is 6.37. The summed E-state index contributed by atoms with van der Waals surface area (Å²) in [5.74, 6) is 1.49. The number of carbonyl (C=O) groups is 1. The number of aromatic nitrogens is 1. The summed E-state index contributed by atoms with van der Waals surface area (Å²) in [4.78, 5) is 16.9. The van der Waals surface area contributed by atoms with Gasteiger partial charge >= 0.3 is 0 Å². The van der Waals surface area contributed by atoms with Crippen LogP contribution in [-0.4, -0.2) is 25.1 Å². The Hall–Kier alpha value is -3.25. The molecule has 0 saturated heterocycles. The SMILES string of the molecule is COc1ccc(OC)c(NC(=O)c2ccnc(NCc3ccc(Cl)cc3)c2)c1. The van der Waals surface area contributed by atoms with Gasteiger partial charge < -0.3 is 20.1 Å². The summed E-state index contributed by atoms with van der Waals surface area (Å²) in [6, 6.07) is 16.1. The van der Waals surface area contributed by atoms with Crippen molar-refractivity contribution in [1.29, 1.82) is 0 Å². The number of benzene rings is 2. The van der Waals surface area contributed by atoms with Crippen LogP contribution in [0.3, 0.4) is 0 Å². The molecule has 1 aromatic heterocycles. The maximum atomic E-state index is 12.7. The molecular weight excluding hydrogens is 378 g/mol. The number of anilines is 2. The molecule has 3 rings (SSSR count). The topological polar surface area (TPSA) is 72.5 Å². The van der Waals surface area contributed by atoms with E-state index in [2.05, 4.69) is 15.6 Å². The number of methoxy groups -OCH3 is 2. The average molecular weight is 398 g/mol. The number of nitrogens with one attached hydrogen (secondary N) is 2.